The summed E-state index contributed by atoms with van der Waals surface area (Å²) in [6.45, 7) is 6.07. The first-order valence-electron chi connectivity index (χ1n) is 8.26. The molecule has 0 aliphatic heterocycles. The Bertz CT molecular complexity index is 690. The highest BCUT2D eigenvalue weighted by Gasteiger charge is 2.19. The number of aromatic nitrogens is 4. The van der Waals surface area contributed by atoms with Crippen molar-refractivity contribution in [2.75, 3.05) is 22.7 Å². The van der Waals surface area contributed by atoms with E-state index < -0.39 is 11.3 Å². The normalized spacial score (nSPS) is 12.2. The second-order valence-electron chi connectivity index (χ2n) is 5.63. The molecule has 1 atom stereocenters. The summed E-state index contributed by atoms with van der Waals surface area (Å²) in [6, 6.07) is 3.47. The minimum Gasteiger partial charge on any atom is -0.371 e. The lowest BCUT2D eigenvalue weighted by molar-refractivity contribution is 0.570. The standard InChI is InChI=1S/C15H23ClN6O2S/c1-3-5-7-22(8-6-4-2)14-10-12(16)13(19-25(23)24)9-11(14)15-17-20-21-18-15/h9-10,19H,3-8H2,1-2H3,(H,23,24)(H,17,18,20,21). The molecule has 1 unspecified atom stereocenters. The lowest BCUT2D eigenvalue weighted by atomic mass is 10.1. The molecule has 0 bridgehead atoms. The lowest BCUT2D eigenvalue weighted by Gasteiger charge is -2.27. The molecule has 2 aromatic rings. The first-order chi connectivity index (χ1) is 12.1. The molecule has 0 saturated carbocycles. The molecular formula is C15H23ClN6O2S. The van der Waals surface area contributed by atoms with E-state index in [-0.39, 0.29) is 0 Å². The van der Waals surface area contributed by atoms with Crippen LogP contribution in [0.15, 0.2) is 12.1 Å². The van der Waals surface area contributed by atoms with Gasteiger partial charge in [0.15, 0.2) is 0 Å². The van der Waals surface area contributed by atoms with Crippen molar-refractivity contribution in [3.63, 3.8) is 0 Å². The maximum Gasteiger partial charge on any atom is 0.259 e. The van der Waals surface area contributed by atoms with Crippen LogP contribution in [0.25, 0.3) is 11.4 Å². The van der Waals surface area contributed by atoms with E-state index in [0.717, 1.165) is 44.5 Å². The number of halogens is 1. The zero-order valence-corrected chi connectivity index (χ0v) is 15.9. The van der Waals surface area contributed by atoms with Crippen molar-refractivity contribution in [1.82, 2.24) is 20.6 Å². The molecule has 8 nitrogen and oxygen atoms in total. The highest BCUT2D eigenvalue weighted by Crippen LogP contribution is 2.37. The molecule has 1 heterocycles. The van der Waals surface area contributed by atoms with Gasteiger partial charge in [-0.1, -0.05) is 38.3 Å². The average Bonchev–Trinajstić information content (AvgIpc) is 3.11. The minimum absolute atomic E-state index is 0.344. The van der Waals surface area contributed by atoms with E-state index in [4.69, 9.17) is 16.2 Å². The maximum atomic E-state index is 11.1. The monoisotopic (exact) mass is 386 g/mol. The van der Waals surface area contributed by atoms with Gasteiger partial charge in [0.1, 0.15) is 0 Å². The predicted molar refractivity (Wildman–Crippen MR) is 101 cm³/mol. The number of nitrogens with zero attached hydrogens (tertiary/aromatic N) is 4. The van der Waals surface area contributed by atoms with Crippen LogP contribution in [-0.4, -0.2) is 42.5 Å². The summed E-state index contributed by atoms with van der Waals surface area (Å²) < 4.78 is 22.6. The fraction of sp³-hybridized carbons (Fsp3) is 0.533. The fourth-order valence-corrected chi connectivity index (χ4v) is 3.12. The van der Waals surface area contributed by atoms with Crippen molar-refractivity contribution in [2.24, 2.45) is 0 Å². The van der Waals surface area contributed by atoms with Gasteiger partial charge in [-0.25, -0.2) is 4.21 Å². The number of hydrogen-bond donors (Lipinski definition) is 3. The third-order valence-electron chi connectivity index (χ3n) is 3.77. The van der Waals surface area contributed by atoms with Crippen LogP contribution in [0.3, 0.4) is 0 Å². The Morgan fingerprint density at radius 1 is 1.28 bits per heavy atom. The summed E-state index contributed by atoms with van der Waals surface area (Å²) in [6.07, 6.45) is 4.26. The molecule has 138 valence electrons. The van der Waals surface area contributed by atoms with Gasteiger partial charge in [-0.2, -0.15) is 5.21 Å². The number of hydrogen-bond acceptors (Lipinski definition) is 5. The first-order valence-corrected chi connectivity index (χ1v) is 9.75. The third-order valence-corrected chi connectivity index (χ3v) is 4.48. The number of unbranched alkanes of at least 4 members (excludes halogenated alkanes) is 2. The molecule has 1 aromatic carbocycles. The van der Waals surface area contributed by atoms with E-state index in [1.807, 2.05) is 0 Å². The molecule has 0 radical (unpaired) electrons. The van der Waals surface area contributed by atoms with Crippen LogP contribution in [0.2, 0.25) is 5.02 Å². The van der Waals surface area contributed by atoms with Crippen LogP contribution in [-0.2, 0) is 11.3 Å². The fourth-order valence-electron chi connectivity index (χ4n) is 2.50. The van der Waals surface area contributed by atoms with Gasteiger partial charge in [-0.15, -0.1) is 10.2 Å². The van der Waals surface area contributed by atoms with Crippen molar-refractivity contribution in [3.8, 4) is 11.4 Å². The van der Waals surface area contributed by atoms with Gasteiger partial charge in [-0.05, 0) is 30.2 Å². The minimum atomic E-state index is -2.22. The Labute approximate surface area is 154 Å². The van der Waals surface area contributed by atoms with Crippen molar-refractivity contribution in [3.05, 3.63) is 17.2 Å². The van der Waals surface area contributed by atoms with Crippen LogP contribution >= 0.6 is 11.6 Å². The highest BCUT2D eigenvalue weighted by atomic mass is 35.5. The molecule has 0 saturated heterocycles. The molecule has 0 spiro atoms. The highest BCUT2D eigenvalue weighted by molar-refractivity contribution is 7.80. The van der Waals surface area contributed by atoms with E-state index in [0.29, 0.717) is 22.1 Å². The maximum absolute atomic E-state index is 11.1. The lowest BCUT2D eigenvalue weighted by Crippen LogP contribution is -2.26. The summed E-state index contributed by atoms with van der Waals surface area (Å²) in [4.78, 5) is 2.25. The average molecular weight is 387 g/mol. The van der Waals surface area contributed by atoms with Gasteiger partial charge in [0.05, 0.1) is 10.7 Å². The Kier molecular flexibility index (Phi) is 7.60. The number of nitrogens with one attached hydrogen (secondary N) is 2. The van der Waals surface area contributed by atoms with Gasteiger partial charge in [0.2, 0.25) is 5.82 Å². The summed E-state index contributed by atoms with van der Waals surface area (Å²) in [7, 11) is 0. The topological polar surface area (TPSA) is 107 Å². The quantitative estimate of drug-likeness (QED) is 0.539. The van der Waals surface area contributed by atoms with Gasteiger partial charge >= 0.3 is 0 Å². The summed E-state index contributed by atoms with van der Waals surface area (Å²) >= 11 is 4.10. The van der Waals surface area contributed by atoms with Crippen molar-refractivity contribution >= 4 is 34.2 Å². The van der Waals surface area contributed by atoms with Crippen LogP contribution in [0.4, 0.5) is 11.4 Å². The Hall–Kier alpha value is -1.71. The Balaban J connectivity index is 2.49. The third kappa shape index (κ3) is 5.38. The van der Waals surface area contributed by atoms with Crippen molar-refractivity contribution in [2.45, 2.75) is 39.5 Å². The van der Waals surface area contributed by atoms with E-state index in [1.54, 1.807) is 12.1 Å². The van der Waals surface area contributed by atoms with E-state index >= 15 is 0 Å². The van der Waals surface area contributed by atoms with Gasteiger partial charge < -0.3 is 4.90 Å². The molecule has 0 amide bonds. The molecule has 2 rings (SSSR count). The summed E-state index contributed by atoms with van der Waals surface area (Å²) in [5.41, 5.74) is 1.94. The second kappa shape index (κ2) is 9.69. The van der Waals surface area contributed by atoms with Crippen LogP contribution in [0.1, 0.15) is 39.5 Å². The predicted octanol–water partition coefficient (Wildman–Crippen LogP) is 3.48. The number of benzene rings is 1. The van der Waals surface area contributed by atoms with Crippen LogP contribution in [0, 0.1) is 0 Å². The van der Waals surface area contributed by atoms with E-state index in [2.05, 4.69) is 44.1 Å². The molecular weight excluding hydrogens is 364 g/mol. The number of anilines is 2. The molecule has 25 heavy (non-hydrogen) atoms. The number of tetrazole rings is 1. The van der Waals surface area contributed by atoms with Crippen LogP contribution in [0.5, 0.6) is 0 Å². The summed E-state index contributed by atoms with van der Waals surface area (Å²) in [5.74, 6) is 0.413. The summed E-state index contributed by atoms with van der Waals surface area (Å²) in [5, 5.41) is 14.5. The van der Waals surface area contributed by atoms with Crippen molar-refractivity contribution < 1.29 is 8.76 Å². The van der Waals surface area contributed by atoms with Crippen molar-refractivity contribution in [1.29, 1.82) is 0 Å². The second-order valence-corrected chi connectivity index (χ2v) is 6.74. The van der Waals surface area contributed by atoms with E-state index in [1.165, 1.54) is 0 Å². The number of rotatable bonds is 10. The smallest absolute Gasteiger partial charge is 0.259 e. The molecule has 0 aliphatic rings. The van der Waals surface area contributed by atoms with E-state index in [9.17, 15) is 4.21 Å². The zero-order valence-electron chi connectivity index (χ0n) is 14.3. The molecule has 1 aromatic heterocycles. The SMILES string of the molecule is CCCCN(CCCC)c1cc(Cl)c(NS(=O)O)cc1-c1nn[nH]n1. The Morgan fingerprint density at radius 3 is 2.48 bits per heavy atom. The molecule has 0 fully saturated rings. The van der Waals surface area contributed by atoms with Gasteiger partial charge in [0.25, 0.3) is 11.3 Å². The molecule has 10 heteroatoms. The molecule has 3 N–H and O–H groups in total. The first kappa shape index (κ1) is 19.6. The van der Waals surface area contributed by atoms with Crippen LogP contribution < -0.4 is 9.62 Å². The number of H-pyrrole nitrogens is 1. The largest absolute Gasteiger partial charge is 0.371 e. The zero-order chi connectivity index (χ0) is 18.2. The van der Waals surface area contributed by atoms with Gasteiger partial charge in [0, 0.05) is 24.3 Å². The van der Waals surface area contributed by atoms with Gasteiger partial charge in [-0.3, -0.25) is 9.27 Å². The molecule has 0 aliphatic carbocycles. The number of aromatic amines is 1. The Morgan fingerprint density at radius 2 is 1.96 bits per heavy atom.